The molecule has 14 heteroatoms. The highest BCUT2D eigenvalue weighted by Gasteiger charge is 2.48. The number of carbonyl (C=O) groups excluding carboxylic acids is 2. The zero-order valence-electron chi connectivity index (χ0n) is 18.7. The molecular weight excluding hydrogens is 527 g/mol. The number of rotatable bonds is 6. The van der Waals surface area contributed by atoms with Gasteiger partial charge in [-0.15, -0.1) is 11.8 Å². The van der Waals surface area contributed by atoms with Gasteiger partial charge in [-0.3, -0.25) is 9.59 Å². The number of hydrogen-bond acceptors (Lipinski definition) is 5. The molecule has 36 heavy (non-hydrogen) atoms. The number of nitrogens with one attached hydrogen (secondary N) is 1. The number of halogens is 9. The first-order valence-electron chi connectivity index (χ1n) is 10.5. The first kappa shape index (κ1) is 27.9. The van der Waals surface area contributed by atoms with E-state index in [0.717, 1.165) is 12.1 Å². The van der Waals surface area contributed by atoms with Crippen molar-refractivity contribution in [1.82, 2.24) is 0 Å². The summed E-state index contributed by atoms with van der Waals surface area (Å²) in [6.45, 7) is 1.77. The van der Waals surface area contributed by atoms with Gasteiger partial charge in [-0.25, -0.2) is 0 Å². The van der Waals surface area contributed by atoms with Crippen LogP contribution in [0, 0.1) is 0 Å². The molecule has 1 heterocycles. The van der Waals surface area contributed by atoms with Crippen LogP contribution in [-0.4, -0.2) is 49.6 Å². The molecule has 0 radical (unpaired) electrons. The van der Waals surface area contributed by atoms with Crippen molar-refractivity contribution in [3.63, 3.8) is 0 Å². The van der Waals surface area contributed by atoms with Gasteiger partial charge in [0.05, 0.1) is 22.8 Å². The predicted octanol–water partition coefficient (Wildman–Crippen LogP) is 7.29. The van der Waals surface area contributed by atoms with Gasteiger partial charge in [0.25, 0.3) is 11.6 Å². The molecule has 1 N–H and O–H groups in total. The highest BCUT2D eigenvalue weighted by atomic mass is 32.2. The molecule has 1 unspecified atom stereocenters. The second kappa shape index (κ2) is 9.67. The average Bonchev–Trinajstić information content (AvgIpc) is 2.75. The normalized spacial score (nSPS) is 16.8. The minimum atomic E-state index is -5.57. The molecule has 0 aliphatic carbocycles. The Hall–Kier alpha value is -2.64. The number of carbonyl (C=O) groups is 2. The monoisotopic (exact) mass is 546 g/mol. The van der Waals surface area contributed by atoms with E-state index in [1.54, 1.807) is 6.92 Å². The highest BCUT2D eigenvalue weighted by Crippen LogP contribution is 2.53. The van der Waals surface area contributed by atoms with Gasteiger partial charge >= 0.3 is 18.5 Å². The Balaban J connectivity index is 2.51. The molecule has 0 bridgehead atoms. The van der Waals surface area contributed by atoms with Crippen molar-refractivity contribution in [2.24, 2.45) is 0 Å². The van der Waals surface area contributed by atoms with Crippen molar-refractivity contribution in [3.8, 4) is 0 Å². The van der Waals surface area contributed by atoms with Crippen molar-refractivity contribution in [2.75, 3.05) is 29.7 Å². The maximum Gasteiger partial charge on any atom is 0.454 e. The number of Topliss-reactive ketones (excluding diaryl/α,β-unsaturated/α-hetero) is 2. The number of alkyl halides is 9. The minimum absolute atomic E-state index is 0.0181. The summed E-state index contributed by atoms with van der Waals surface area (Å²) in [7, 11) is 1.29. The van der Waals surface area contributed by atoms with Crippen molar-refractivity contribution < 1.29 is 49.1 Å². The Kier molecular flexibility index (Phi) is 7.51. The Morgan fingerprint density at radius 3 is 2.11 bits per heavy atom. The fraction of sp³-hybridized carbons (Fsp3) is 0.455. The number of benzene rings is 2. The summed E-state index contributed by atoms with van der Waals surface area (Å²) in [5, 5.41) is -0.528. The zero-order chi connectivity index (χ0) is 27.2. The van der Waals surface area contributed by atoms with Crippen LogP contribution in [0.25, 0.3) is 10.8 Å². The van der Waals surface area contributed by atoms with Crippen LogP contribution >= 0.6 is 11.8 Å². The second-order valence-corrected chi connectivity index (χ2v) is 9.19. The molecular formula is C22H19F9N2O2S. The number of hydrogen-bond donors (Lipinski definition) is 1. The largest absolute Gasteiger partial charge is 0.454 e. The quantitative estimate of drug-likeness (QED) is 0.234. The lowest BCUT2D eigenvalue weighted by molar-refractivity contribution is -0.129. The summed E-state index contributed by atoms with van der Waals surface area (Å²) in [6.07, 6.45) is -14.9. The SMILES string of the molecule is CCCCNc1c(C(=O)C(F)(F)F)cc(C(=O)C(F)(F)F)c2c3c(ccc12)C(C(F)(F)F)SCN3C. The molecule has 1 aliphatic rings. The fourth-order valence-electron chi connectivity index (χ4n) is 4.00. The van der Waals surface area contributed by atoms with Crippen LogP contribution in [0.15, 0.2) is 18.2 Å². The van der Waals surface area contributed by atoms with E-state index in [1.165, 1.54) is 11.9 Å². The van der Waals surface area contributed by atoms with Crippen molar-refractivity contribution in [2.45, 2.75) is 43.5 Å². The third-order valence-corrected chi connectivity index (χ3v) is 6.93. The topological polar surface area (TPSA) is 49.4 Å². The Bertz CT molecular complexity index is 1190. The third-order valence-electron chi connectivity index (χ3n) is 5.54. The van der Waals surface area contributed by atoms with Crippen LogP contribution in [0.1, 0.15) is 51.3 Å². The van der Waals surface area contributed by atoms with Crippen molar-refractivity contribution in [3.05, 3.63) is 34.9 Å². The van der Waals surface area contributed by atoms with Crippen LogP contribution in [-0.2, 0) is 0 Å². The fourth-order valence-corrected chi connectivity index (χ4v) is 5.06. The van der Waals surface area contributed by atoms with Crippen LogP contribution in [0.2, 0.25) is 0 Å². The smallest absolute Gasteiger partial charge is 0.384 e. The lowest BCUT2D eigenvalue weighted by atomic mass is 9.89. The van der Waals surface area contributed by atoms with Gasteiger partial charge in [0, 0.05) is 29.9 Å². The van der Waals surface area contributed by atoms with E-state index in [9.17, 15) is 49.1 Å². The van der Waals surface area contributed by atoms with Gasteiger partial charge in [0.2, 0.25) is 0 Å². The molecule has 2 aromatic rings. The average molecular weight is 546 g/mol. The van der Waals surface area contributed by atoms with Crippen LogP contribution in [0.4, 0.5) is 50.9 Å². The highest BCUT2D eigenvalue weighted by molar-refractivity contribution is 7.99. The number of nitrogens with zero attached hydrogens (tertiary/aromatic N) is 1. The molecule has 2 aromatic carbocycles. The zero-order valence-corrected chi connectivity index (χ0v) is 19.5. The first-order valence-corrected chi connectivity index (χ1v) is 11.5. The lowest BCUT2D eigenvalue weighted by Crippen LogP contribution is -2.31. The summed E-state index contributed by atoms with van der Waals surface area (Å²) in [6, 6.07) is 2.05. The minimum Gasteiger partial charge on any atom is -0.384 e. The Labute approximate surface area is 203 Å². The number of fused-ring (bicyclic) bond motifs is 3. The maximum absolute atomic E-state index is 13.7. The van der Waals surface area contributed by atoms with Gasteiger partial charge in [0.15, 0.2) is 0 Å². The molecule has 0 saturated heterocycles. The standard InChI is InChI=1S/C22H19F9N2O2S/c1-3-4-7-32-15-10-5-6-11-16(33(2)9-36-19(11)22(29,30)31)14(10)12(17(34)20(23,24)25)8-13(15)18(35)21(26,27)28/h5-6,8,19,32H,3-4,7,9H2,1-2H3. The molecule has 0 fully saturated rings. The molecule has 0 spiro atoms. The first-order chi connectivity index (χ1) is 16.5. The number of thioether (sulfide) groups is 1. The predicted molar refractivity (Wildman–Crippen MR) is 118 cm³/mol. The molecule has 1 aliphatic heterocycles. The molecule has 0 saturated carbocycles. The Morgan fingerprint density at radius 1 is 1.00 bits per heavy atom. The second-order valence-electron chi connectivity index (χ2n) is 8.12. The van der Waals surface area contributed by atoms with Crippen molar-refractivity contribution >= 4 is 45.5 Å². The van der Waals surface area contributed by atoms with Crippen LogP contribution in [0.5, 0.6) is 0 Å². The number of ketones is 2. The van der Waals surface area contributed by atoms with Gasteiger partial charge in [-0.2, -0.15) is 39.5 Å². The van der Waals surface area contributed by atoms with Crippen LogP contribution < -0.4 is 10.2 Å². The summed E-state index contributed by atoms with van der Waals surface area (Å²) >= 11 is 0.457. The van der Waals surface area contributed by atoms with Gasteiger partial charge in [0.1, 0.15) is 5.25 Å². The van der Waals surface area contributed by atoms with Gasteiger partial charge in [-0.05, 0) is 18.1 Å². The Morgan fingerprint density at radius 2 is 1.58 bits per heavy atom. The third kappa shape index (κ3) is 5.23. The molecule has 0 amide bonds. The van der Waals surface area contributed by atoms with Gasteiger partial charge < -0.3 is 10.2 Å². The van der Waals surface area contributed by atoms with E-state index in [1.807, 2.05) is 0 Å². The molecule has 1 atom stereocenters. The summed E-state index contributed by atoms with van der Waals surface area (Å²) in [5.41, 5.74) is -3.87. The molecule has 3 rings (SSSR count). The van der Waals surface area contributed by atoms with Gasteiger partial charge in [-0.1, -0.05) is 25.5 Å². The molecule has 4 nitrogen and oxygen atoms in total. The van der Waals surface area contributed by atoms with E-state index in [4.69, 9.17) is 0 Å². The van der Waals surface area contributed by atoms with E-state index < -0.39 is 68.5 Å². The molecule has 0 aromatic heterocycles. The number of unbranched alkanes of at least 4 members (excludes halogenated alkanes) is 1. The number of anilines is 2. The van der Waals surface area contributed by atoms with E-state index in [-0.39, 0.29) is 24.2 Å². The van der Waals surface area contributed by atoms with E-state index in [2.05, 4.69) is 5.32 Å². The van der Waals surface area contributed by atoms with E-state index >= 15 is 0 Å². The summed E-state index contributed by atoms with van der Waals surface area (Å²) in [5.74, 6) is -5.39. The summed E-state index contributed by atoms with van der Waals surface area (Å²) in [4.78, 5) is 25.8. The van der Waals surface area contributed by atoms with E-state index in [0.29, 0.717) is 24.6 Å². The molecule has 198 valence electrons. The lowest BCUT2D eigenvalue weighted by Gasteiger charge is -2.35. The maximum atomic E-state index is 13.7. The van der Waals surface area contributed by atoms with Crippen molar-refractivity contribution in [1.29, 1.82) is 0 Å². The summed E-state index contributed by atoms with van der Waals surface area (Å²) < 4.78 is 122. The van der Waals surface area contributed by atoms with Crippen LogP contribution in [0.3, 0.4) is 0 Å².